The zero-order chi connectivity index (χ0) is 32.7. The molecule has 0 amide bonds. The van der Waals surface area contributed by atoms with Gasteiger partial charge in [0, 0.05) is 60.3 Å². The highest BCUT2D eigenvalue weighted by Crippen LogP contribution is 2.45. The van der Waals surface area contributed by atoms with Crippen LogP contribution in [0.2, 0.25) is 5.02 Å². The fraction of sp³-hybridized carbons (Fsp3) is 0.417. The minimum absolute atomic E-state index is 0.345. The van der Waals surface area contributed by atoms with Gasteiger partial charge in [0.15, 0.2) is 6.10 Å². The first-order valence-corrected chi connectivity index (χ1v) is 16.9. The predicted octanol–water partition coefficient (Wildman–Crippen LogP) is 8.25. The lowest BCUT2D eigenvalue weighted by Crippen LogP contribution is -2.36. The number of rotatable bonds is 9. The molecule has 5 aromatic rings. The minimum atomic E-state index is -1.16. The second kappa shape index (κ2) is 13.0. The fourth-order valence-corrected chi connectivity index (χ4v) is 7.84. The molecule has 6 rings (SSSR count). The van der Waals surface area contributed by atoms with Crippen LogP contribution in [0.3, 0.4) is 0 Å². The summed E-state index contributed by atoms with van der Waals surface area (Å²) < 4.78 is 14.4. The molecule has 242 valence electrons. The fourth-order valence-electron chi connectivity index (χ4n) is 6.59. The zero-order valence-corrected chi connectivity index (χ0v) is 28.8. The smallest absolute Gasteiger partial charge is 0.337 e. The molecule has 2 atom stereocenters. The van der Waals surface area contributed by atoms with Crippen molar-refractivity contribution in [3.05, 3.63) is 70.4 Å². The Morgan fingerprint density at radius 1 is 1.15 bits per heavy atom. The van der Waals surface area contributed by atoms with E-state index in [9.17, 15) is 9.90 Å². The average molecular weight is 661 g/mol. The third-order valence-corrected chi connectivity index (χ3v) is 10.0. The van der Waals surface area contributed by atoms with Crippen LogP contribution in [0.5, 0.6) is 0 Å². The molecule has 2 aromatic heterocycles. The van der Waals surface area contributed by atoms with E-state index in [1.54, 1.807) is 18.4 Å². The molecule has 0 spiro atoms. The molecule has 1 aliphatic rings. The van der Waals surface area contributed by atoms with Gasteiger partial charge < -0.3 is 19.5 Å². The number of aryl methyl sites for hydroxylation is 2. The summed E-state index contributed by atoms with van der Waals surface area (Å²) >= 11 is 7.85. The van der Waals surface area contributed by atoms with Gasteiger partial charge in [-0.3, -0.25) is 4.68 Å². The number of hydrogen-bond donors (Lipinski definition) is 1. The Bertz CT molecular complexity index is 1890. The van der Waals surface area contributed by atoms with Crippen molar-refractivity contribution >= 4 is 50.0 Å². The van der Waals surface area contributed by atoms with E-state index < -0.39 is 17.7 Å². The molecule has 1 fully saturated rings. The van der Waals surface area contributed by atoms with Crippen molar-refractivity contribution in [3.8, 4) is 21.7 Å². The van der Waals surface area contributed by atoms with E-state index in [4.69, 9.17) is 31.2 Å². The quantitative estimate of drug-likeness (QED) is 0.170. The molecule has 1 N–H and O–H groups in total. The highest BCUT2D eigenvalue weighted by atomic mass is 35.5. The Kier molecular flexibility index (Phi) is 9.24. The molecule has 0 saturated carbocycles. The number of benzene rings is 3. The number of ether oxygens (including phenoxy) is 2. The number of nitrogens with zero attached hydrogens (tertiary/aromatic N) is 4. The van der Waals surface area contributed by atoms with Gasteiger partial charge in [0.05, 0.1) is 33.6 Å². The van der Waals surface area contributed by atoms with Crippen molar-refractivity contribution in [2.75, 3.05) is 33.4 Å². The highest BCUT2D eigenvalue weighted by molar-refractivity contribution is 7.22. The SMILES string of the molecule is COCCN1CCCC(c2nn(C)c3ccc(-c4nc5cc(C)c(C(OC(C)(C)C)C(=O)O)c(-c6ccc(Cl)cc6)c5s4)cc23)C1. The predicted molar refractivity (Wildman–Crippen MR) is 186 cm³/mol. The first kappa shape index (κ1) is 32.6. The lowest BCUT2D eigenvalue weighted by atomic mass is 9.91. The van der Waals surface area contributed by atoms with Crippen molar-refractivity contribution in [2.24, 2.45) is 7.05 Å². The van der Waals surface area contributed by atoms with Gasteiger partial charge in [0.25, 0.3) is 0 Å². The van der Waals surface area contributed by atoms with Crippen molar-refractivity contribution in [1.82, 2.24) is 19.7 Å². The van der Waals surface area contributed by atoms with Crippen molar-refractivity contribution in [3.63, 3.8) is 0 Å². The topological polar surface area (TPSA) is 89.7 Å². The Morgan fingerprint density at radius 2 is 1.89 bits per heavy atom. The molecule has 3 aromatic carbocycles. The summed E-state index contributed by atoms with van der Waals surface area (Å²) in [5.74, 6) is -0.687. The first-order valence-electron chi connectivity index (χ1n) is 15.7. The number of methoxy groups -OCH3 is 1. The molecule has 1 saturated heterocycles. The van der Waals surface area contributed by atoms with Crippen LogP contribution in [0.1, 0.15) is 62.5 Å². The lowest BCUT2D eigenvalue weighted by molar-refractivity contribution is -0.160. The van der Waals surface area contributed by atoms with E-state index >= 15 is 0 Å². The number of thiazole rings is 1. The number of carboxylic acids is 1. The zero-order valence-electron chi connectivity index (χ0n) is 27.3. The summed E-state index contributed by atoms with van der Waals surface area (Å²) in [7, 11) is 3.76. The maximum Gasteiger partial charge on any atom is 0.337 e. The summed E-state index contributed by atoms with van der Waals surface area (Å²) in [5.41, 5.74) is 6.51. The number of halogens is 1. The van der Waals surface area contributed by atoms with Crippen molar-refractivity contribution in [2.45, 2.75) is 58.2 Å². The largest absolute Gasteiger partial charge is 0.479 e. The van der Waals surface area contributed by atoms with Crippen LogP contribution < -0.4 is 0 Å². The molecule has 0 aliphatic carbocycles. The van der Waals surface area contributed by atoms with Gasteiger partial charge in [-0.2, -0.15) is 5.10 Å². The van der Waals surface area contributed by atoms with Crippen molar-refractivity contribution in [1.29, 1.82) is 0 Å². The molecule has 46 heavy (non-hydrogen) atoms. The maximum absolute atomic E-state index is 12.7. The second-order valence-corrected chi connectivity index (χ2v) is 14.6. The van der Waals surface area contributed by atoms with Crippen LogP contribution in [-0.2, 0) is 21.3 Å². The van der Waals surface area contributed by atoms with E-state index in [0.717, 1.165) is 93.2 Å². The summed E-state index contributed by atoms with van der Waals surface area (Å²) in [6, 6.07) is 16.0. The van der Waals surface area contributed by atoms with Crippen LogP contribution in [0.15, 0.2) is 48.5 Å². The van der Waals surface area contributed by atoms with E-state index in [-0.39, 0.29) is 0 Å². The minimum Gasteiger partial charge on any atom is -0.479 e. The molecular weight excluding hydrogens is 620 g/mol. The molecule has 8 nitrogen and oxygen atoms in total. The molecular formula is C36H41ClN4O4S. The van der Waals surface area contributed by atoms with Gasteiger partial charge in [-0.1, -0.05) is 23.7 Å². The average Bonchev–Trinajstić information content (AvgIpc) is 3.59. The monoisotopic (exact) mass is 660 g/mol. The summed E-state index contributed by atoms with van der Waals surface area (Å²) in [6.45, 7) is 11.3. The number of hydrogen-bond acceptors (Lipinski definition) is 7. The van der Waals surface area contributed by atoms with Crippen LogP contribution in [-0.4, -0.2) is 69.7 Å². The van der Waals surface area contributed by atoms with Crippen LogP contribution in [0, 0.1) is 6.92 Å². The van der Waals surface area contributed by atoms with Gasteiger partial charge in [-0.25, -0.2) is 9.78 Å². The molecule has 3 heterocycles. The first-order chi connectivity index (χ1) is 21.9. The van der Waals surface area contributed by atoms with Gasteiger partial charge >= 0.3 is 5.97 Å². The maximum atomic E-state index is 12.7. The van der Waals surface area contributed by atoms with Gasteiger partial charge in [-0.15, -0.1) is 11.3 Å². The lowest BCUT2D eigenvalue weighted by Gasteiger charge is -2.31. The molecule has 0 bridgehead atoms. The number of aliphatic carboxylic acids is 1. The number of likely N-dealkylation sites (tertiary alicyclic amines) is 1. The van der Waals surface area contributed by atoms with Gasteiger partial charge in [0.1, 0.15) is 5.01 Å². The third-order valence-electron chi connectivity index (χ3n) is 8.65. The molecule has 1 aliphatic heterocycles. The summed E-state index contributed by atoms with van der Waals surface area (Å²) in [6.07, 6.45) is 1.08. The Labute approximate surface area is 278 Å². The van der Waals surface area contributed by atoms with Crippen LogP contribution in [0.25, 0.3) is 42.8 Å². The van der Waals surface area contributed by atoms with E-state index in [1.165, 1.54) is 0 Å². The second-order valence-electron chi connectivity index (χ2n) is 13.2. The normalized spacial score (nSPS) is 16.8. The third kappa shape index (κ3) is 6.57. The van der Waals surface area contributed by atoms with E-state index in [0.29, 0.717) is 16.5 Å². The van der Waals surface area contributed by atoms with Gasteiger partial charge in [0.2, 0.25) is 0 Å². The number of fused-ring (bicyclic) bond motifs is 2. The van der Waals surface area contributed by atoms with Crippen LogP contribution in [0.4, 0.5) is 0 Å². The van der Waals surface area contributed by atoms with Gasteiger partial charge in [-0.05, 0) is 94.6 Å². The number of carbonyl (C=O) groups is 1. The van der Waals surface area contributed by atoms with Crippen LogP contribution >= 0.6 is 22.9 Å². The summed E-state index contributed by atoms with van der Waals surface area (Å²) in [4.78, 5) is 20.3. The standard InChI is InChI=1S/C36H41ClN4O4S/c1-21-18-27-33(30(22-9-12-25(37)13-10-22)29(21)32(35(42)43)45-36(2,3)4)46-34(38-27)23-11-14-28-26(19-23)31(39-40(28)5)24-8-7-15-41(20-24)16-17-44-6/h9-14,18-19,24,32H,7-8,15-17,20H2,1-6H3,(H,42,43). The van der Waals surface area contributed by atoms with E-state index in [1.807, 2.05) is 69.8 Å². The number of carboxylic acid groups (broad SMARTS) is 1. The molecule has 2 unspecified atom stereocenters. The number of aromatic nitrogens is 3. The number of piperidine rings is 1. The van der Waals surface area contributed by atoms with Crippen molar-refractivity contribution < 1.29 is 19.4 Å². The Balaban J connectivity index is 1.49. The highest BCUT2D eigenvalue weighted by Gasteiger charge is 2.32. The van der Waals surface area contributed by atoms with E-state index in [2.05, 4.69) is 23.1 Å². The molecule has 0 radical (unpaired) electrons. The molecule has 10 heteroatoms. The Hall–Kier alpha value is -3.34. The Morgan fingerprint density at radius 3 is 2.59 bits per heavy atom. The summed E-state index contributed by atoms with van der Waals surface area (Å²) in [5, 5.41) is 18.1.